The van der Waals surface area contributed by atoms with E-state index in [0.29, 0.717) is 6.54 Å². The normalized spacial score (nSPS) is 17.8. The van der Waals surface area contributed by atoms with Crippen LogP contribution in [-0.4, -0.2) is 50.0 Å². The monoisotopic (exact) mass is 496 g/mol. The molecular formula is C18H33IN4O2S. The van der Waals surface area contributed by atoms with Crippen molar-refractivity contribution in [2.45, 2.75) is 58.6 Å². The Kier molecular flexibility index (Phi) is 11.0. The molecule has 0 spiro atoms. The molecule has 0 saturated carbocycles. The number of thiazole rings is 1. The predicted octanol–water partition coefficient (Wildman–Crippen LogP) is 3.31. The summed E-state index contributed by atoms with van der Waals surface area (Å²) in [5.41, 5.74) is 1.22. The summed E-state index contributed by atoms with van der Waals surface area (Å²) < 4.78 is 11.1. The van der Waals surface area contributed by atoms with Gasteiger partial charge >= 0.3 is 0 Å². The molecule has 0 radical (unpaired) electrons. The summed E-state index contributed by atoms with van der Waals surface area (Å²) in [6.45, 7) is 13.2. The standard InChI is InChI=1S/C18H32N4O2S.HI/c1-5-19-17(20-8-6-9-24-14-7-10-23-12-14)21-11-16-22-15(13-25-16)18(2,3)4;/h13-14H,5-12H2,1-4H3,(H2,19,20,21);1H. The van der Waals surface area contributed by atoms with Crippen LogP contribution >= 0.6 is 35.3 Å². The van der Waals surface area contributed by atoms with Crippen LogP contribution in [0.15, 0.2) is 10.4 Å². The van der Waals surface area contributed by atoms with Crippen LogP contribution in [0.25, 0.3) is 0 Å². The van der Waals surface area contributed by atoms with E-state index in [0.717, 1.165) is 62.4 Å². The first-order chi connectivity index (χ1) is 12.0. The van der Waals surface area contributed by atoms with Crippen molar-refractivity contribution < 1.29 is 9.47 Å². The summed E-state index contributed by atoms with van der Waals surface area (Å²) in [5.74, 6) is 0.833. The minimum absolute atomic E-state index is 0. The molecule has 1 aliphatic rings. The number of aromatic nitrogens is 1. The summed E-state index contributed by atoms with van der Waals surface area (Å²) in [5, 5.41) is 9.82. The Morgan fingerprint density at radius 1 is 1.42 bits per heavy atom. The molecule has 1 atom stereocenters. The van der Waals surface area contributed by atoms with Gasteiger partial charge in [-0.2, -0.15) is 0 Å². The van der Waals surface area contributed by atoms with Gasteiger partial charge in [0, 0.05) is 37.1 Å². The van der Waals surface area contributed by atoms with E-state index in [2.05, 4.69) is 48.7 Å². The van der Waals surface area contributed by atoms with Crippen LogP contribution in [0, 0.1) is 0 Å². The van der Waals surface area contributed by atoms with Gasteiger partial charge in [0.15, 0.2) is 5.96 Å². The predicted molar refractivity (Wildman–Crippen MR) is 119 cm³/mol. The Labute approximate surface area is 178 Å². The fourth-order valence-electron chi connectivity index (χ4n) is 2.39. The molecule has 6 nitrogen and oxygen atoms in total. The first kappa shape index (κ1) is 23.6. The van der Waals surface area contributed by atoms with Gasteiger partial charge in [-0.3, -0.25) is 0 Å². The molecule has 2 heterocycles. The zero-order valence-corrected chi connectivity index (χ0v) is 19.5. The molecule has 1 unspecified atom stereocenters. The largest absolute Gasteiger partial charge is 0.379 e. The third kappa shape index (κ3) is 8.49. The maximum atomic E-state index is 5.77. The lowest BCUT2D eigenvalue weighted by Gasteiger charge is -2.14. The second kappa shape index (κ2) is 12.1. The van der Waals surface area contributed by atoms with Crippen molar-refractivity contribution in [2.24, 2.45) is 4.99 Å². The van der Waals surface area contributed by atoms with Crippen LogP contribution in [0.2, 0.25) is 0 Å². The summed E-state index contributed by atoms with van der Waals surface area (Å²) in [4.78, 5) is 9.33. The number of halogens is 1. The first-order valence-corrected chi connectivity index (χ1v) is 10.0. The van der Waals surface area contributed by atoms with Gasteiger partial charge < -0.3 is 20.1 Å². The van der Waals surface area contributed by atoms with E-state index >= 15 is 0 Å². The zero-order valence-electron chi connectivity index (χ0n) is 16.3. The van der Waals surface area contributed by atoms with Gasteiger partial charge in [-0.1, -0.05) is 20.8 Å². The maximum Gasteiger partial charge on any atom is 0.191 e. The molecule has 2 N–H and O–H groups in total. The van der Waals surface area contributed by atoms with Crippen LogP contribution < -0.4 is 10.6 Å². The van der Waals surface area contributed by atoms with Gasteiger partial charge in [-0.25, -0.2) is 9.98 Å². The zero-order chi connectivity index (χ0) is 18.1. The molecule has 1 aromatic heterocycles. The lowest BCUT2D eigenvalue weighted by atomic mass is 9.93. The van der Waals surface area contributed by atoms with Crippen molar-refractivity contribution in [1.29, 1.82) is 0 Å². The van der Waals surface area contributed by atoms with Gasteiger partial charge in [-0.05, 0) is 19.8 Å². The molecule has 0 aromatic carbocycles. The molecule has 2 rings (SSSR count). The quantitative estimate of drug-likeness (QED) is 0.250. The number of aliphatic imine (C=N–C) groups is 1. The Balaban J connectivity index is 0.00000338. The number of hydrogen-bond donors (Lipinski definition) is 2. The molecule has 1 aliphatic heterocycles. The van der Waals surface area contributed by atoms with Crippen LogP contribution in [0.4, 0.5) is 0 Å². The third-order valence-corrected chi connectivity index (χ3v) is 4.73. The second-order valence-corrected chi connectivity index (χ2v) is 8.15. The minimum Gasteiger partial charge on any atom is -0.379 e. The second-order valence-electron chi connectivity index (χ2n) is 7.21. The van der Waals surface area contributed by atoms with Gasteiger partial charge in [-0.15, -0.1) is 35.3 Å². The van der Waals surface area contributed by atoms with Crippen molar-refractivity contribution in [3.63, 3.8) is 0 Å². The van der Waals surface area contributed by atoms with Crippen molar-refractivity contribution in [3.8, 4) is 0 Å². The molecule has 1 fully saturated rings. The molecule has 0 bridgehead atoms. The van der Waals surface area contributed by atoms with Crippen molar-refractivity contribution in [3.05, 3.63) is 16.1 Å². The highest BCUT2D eigenvalue weighted by Gasteiger charge is 2.17. The Morgan fingerprint density at radius 3 is 2.85 bits per heavy atom. The van der Waals surface area contributed by atoms with Gasteiger partial charge in [0.1, 0.15) is 5.01 Å². The summed E-state index contributed by atoms with van der Waals surface area (Å²) in [6, 6.07) is 0. The lowest BCUT2D eigenvalue weighted by molar-refractivity contribution is 0.0420. The van der Waals surface area contributed by atoms with Crippen molar-refractivity contribution in [1.82, 2.24) is 15.6 Å². The summed E-state index contributed by atoms with van der Waals surface area (Å²) in [6.07, 6.45) is 2.25. The fourth-order valence-corrected chi connectivity index (χ4v) is 3.33. The van der Waals surface area contributed by atoms with E-state index in [1.165, 1.54) is 0 Å². The van der Waals surface area contributed by atoms with E-state index in [-0.39, 0.29) is 35.5 Å². The number of hydrogen-bond acceptors (Lipinski definition) is 5. The van der Waals surface area contributed by atoms with Gasteiger partial charge in [0.05, 0.1) is 24.9 Å². The molecule has 26 heavy (non-hydrogen) atoms. The Morgan fingerprint density at radius 2 is 2.23 bits per heavy atom. The minimum atomic E-state index is 0. The molecule has 0 amide bonds. The molecule has 1 saturated heterocycles. The number of rotatable bonds is 8. The van der Waals surface area contributed by atoms with Crippen LogP contribution in [0.3, 0.4) is 0 Å². The lowest BCUT2D eigenvalue weighted by Crippen LogP contribution is -2.38. The summed E-state index contributed by atoms with van der Waals surface area (Å²) >= 11 is 1.68. The molecule has 8 heteroatoms. The highest BCUT2D eigenvalue weighted by atomic mass is 127. The topological polar surface area (TPSA) is 67.8 Å². The van der Waals surface area contributed by atoms with Crippen LogP contribution in [0.1, 0.15) is 51.2 Å². The average molecular weight is 496 g/mol. The molecule has 1 aromatic rings. The average Bonchev–Trinajstić information content (AvgIpc) is 3.23. The number of guanidine groups is 1. The molecular weight excluding hydrogens is 463 g/mol. The number of nitrogens with one attached hydrogen (secondary N) is 2. The van der Waals surface area contributed by atoms with E-state index in [4.69, 9.17) is 14.5 Å². The highest BCUT2D eigenvalue weighted by Crippen LogP contribution is 2.24. The highest BCUT2D eigenvalue weighted by molar-refractivity contribution is 14.0. The molecule has 150 valence electrons. The van der Waals surface area contributed by atoms with Gasteiger partial charge in [0.25, 0.3) is 0 Å². The SMILES string of the molecule is CCNC(=NCc1nc(C(C)(C)C)cs1)NCCCOC1CCOC1.I. The third-order valence-electron chi connectivity index (χ3n) is 3.89. The first-order valence-electron chi connectivity index (χ1n) is 9.15. The Hall–Kier alpha value is -0.450. The fraction of sp³-hybridized carbons (Fsp3) is 0.778. The Bertz CT molecular complexity index is 540. The van der Waals surface area contributed by atoms with Gasteiger partial charge in [0.2, 0.25) is 0 Å². The maximum absolute atomic E-state index is 5.77. The summed E-state index contributed by atoms with van der Waals surface area (Å²) in [7, 11) is 0. The van der Waals surface area contributed by atoms with E-state index in [9.17, 15) is 0 Å². The smallest absolute Gasteiger partial charge is 0.191 e. The van der Waals surface area contributed by atoms with Crippen molar-refractivity contribution >= 4 is 41.3 Å². The van der Waals surface area contributed by atoms with E-state index in [1.54, 1.807) is 11.3 Å². The number of nitrogens with zero attached hydrogens (tertiary/aromatic N) is 2. The van der Waals surface area contributed by atoms with Crippen LogP contribution in [-0.2, 0) is 21.4 Å². The van der Waals surface area contributed by atoms with E-state index < -0.39 is 0 Å². The van der Waals surface area contributed by atoms with Crippen LogP contribution in [0.5, 0.6) is 0 Å². The molecule has 0 aliphatic carbocycles. The van der Waals surface area contributed by atoms with Crippen molar-refractivity contribution in [2.75, 3.05) is 32.9 Å². The van der Waals surface area contributed by atoms with E-state index in [1.807, 2.05) is 0 Å². The number of ether oxygens (including phenoxy) is 2.